The molecule has 1 aliphatic heterocycles. The van der Waals surface area contributed by atoms with Crippen molar-refractivity contribution in [2.45, 2.75) is 19.3 Å². The summed E-state index contributed by atoms with van der Waals surface area (Å²) in [5.74, 6) is -0.0354. The van der Waals surface area contributed by atoms with Gasteiger partial charge in [0, 0.05) is 13.1 Å². The van der Waals surface area contributed by atoms with E-state index in [0.29, 0.717) is 6.54 Å². The number of piperidine rings is 1. The molecule has 1 rings (SSSR count). The van der Waals surface area contributed by atoms with Crippen molar-refractivity contribution in [1.82, 2.24) is 10.0 Å². The summed E-state index contributed by atoms with van der Waals surface area (Å²) in [4.78, 5) is 11.5. The molecule has 0 unspecified atom stereocenters. The molecule has 0 atom stereocenters. The van der Waals surface area contributed by atoms with Gasteiger partial charge in [0.05, 0.1) is 6.54 Å². The van der Waals surface area contributed by atoms with Crippen molar-refractivity contribution in [2.75, 3.05) is 19.6 Å². The Labute approximate surface area is 85.7 Å². The zero-order valence-electron chi connectivity index (χ0n) is 8.61. The van der Waals surface area contributed by atoms with Crippen LogP contribution in [0.2, 0.25) is 0 Å². The maximum Gasteiger partial charge on any atom is 0.260 e. The lowest BCUT2D eigenvalue weighted by atomic mass is 10.2. The molecule has 0 spiro atoms. The van der Waals surface area contributed by atoms with Gasteiger partial charge in [0.2, 0.25) is 0 Å². The molecule has 1 saturated heterocycles. The summed E-state index contributed by atoms with van der Waals surface area (Å²) in [7, 11) is 0. The van der Waals surface area contributed by atoms with E-state index < -0.39 is 0 Å². The molecule has 1 amide bonds. The zero-order valence-corrected chi connectivity index (χ0v) is 8.61. The average molecular weight is 194 g/mol. The first-order valence-corrected chi connectivity index (χ1v) is 5.09. The fourth-order valence-electron chi connectivity index (χ4n) is 1.69. The monoisotopic (exact) mass is 194 g/mol. The summed E-state index contributed by atoms with van der Waals surface area (Å²) in [6.07, 6.45) is 6.70. The van der Waals surface area contributed by atoms with Gasteiger partial charge >= 0.3 is 0 Å². The number of carbonyl (C=O) groups excluding carboxylic acids is 1. The summed E-state index contributed by atoms with van der Waals surface area (Å²) in [5, 5.41) is 3.81. The molecule has 0 radical (unpaired) electrons. The Bertz CT molecular complexity index is 219. The van der Waals surface area contributed by atoms with Crippen molar-refractivity contribution >= 4 is 5.91 Å². The molecule has 3 nitrogen and oxygen atoms in total. The molecule has 1 aliphatic rings. The van der Waals surface area contributed by atoms with E-state index in [0.717, 1.165) is 25.9 Å². The number of amides is 1. The molecule has 3 heteroatoms. The Morgan fingerprint density at radius 3 is 2.43 bits per heavy atom. The Kier molecular flexibility index (Phi) is 4.40. The standard InChI is InChI=1S/C11H18N2O/c1-3-8-13(11(14)4-2)12-9-6-5-7-10-12/h3-4H,1-2,5-10H2. The highest BCUT2D eigenvalue weighted by molar-refractivity contribution is 5.86. The molecule has 0 saturated carbocycles. The molecule has 14 heavy (non-hydrogen) atoms. The number of hydrogen-bond acceptors (Lipinski definition) is 2. The number of hydrogen-bond donors (Lipinski definition) is 0. The topological polar surface area (TPSA) is 23.6 Å². The smallest absolute Gasteiger partial charge is 0.260 e. The highest BCUT2D eigenvalue weighted by Crippen LogP contribution is 2.11. The van der Waals surface area contributed by atoms with E-state index in [-0.39, 0.29) is 5.91 Å². The van der Waals surface area contributed by atoms with Crippen molar-refractivity contribution in [1.29, 1.82) is 0 Å². The van der Waals surface area contributed by atoms with Crippen LogP contribution in [0.1, 0.15) is 19.3 Å². The minimum absolute atomic E-state index is 0.0354. The van der Waals surface area contributed by atoms with Gasteiger partial charge in [0.1, 0.15) is 0 Å². The predicted molar refractivity (Wildman–Crippen MR) is 57.5 cm³/mol. The van der Waals surface area contributed by atoms with Gasteiger partial charge in [-0.1, -0.05) is 19.1 Å². The molecule has 0 aromatic rings. The summed E-state index contributed by atoms with van der Waals surface area (Å²) in [5.41, 5.74) is 0. The second kappa shape index (κ2) is 5.60. The molecule has 0 aliphatic carbocycles. The third-order valence-electron chi connectivity index (χ3n) is 2.40. The van der Waals surface area contributed by atoms with Crippen molar-refractivity contribution in [3.63, 3.8) is 0 Å². The van der Waals surface area contributed by atoms with Crippen LogP contribution in [-0.4, -0.2) is 35.6 Å². The molecule has 0 aromatic heterocycles. The normalized spacial score (nSPS) is 17.4. The van der Waals surface area contributed by atoms with Crippen LogP contribution in [-0.2, 0) is 4.79 Å². The van der Waals surface area contributed by atoms with E-state index in [4.69, 9.17) is 0 Å². The maximum atomic E-state index is 11.5. The Morgan fingerprint density at radius 1 is 1.29 bits per heavy atom. The maximum absolute atomic E-state index is 11.5. The van der Waals surface area contributed by atoms with E-state index in [2.05, 4.69) is 18.2 Å². The first-order valence-electron chi connectivity index (χ1n) is 5.09. The molecular weight excluding hydrogens is 176 g/mol. The van der Waals surface area contributed by atoms with E-state index in [9.17, 15) is 4.79 Å². The predicted octanol–water partition coefficient (Wildman–Crippen LogP) is 1.59. The summed E-state index contributed by atoms with van der Waals surface area (Å²) >= 11 is 0. The number of nitrogens with zero attached hydrogens (tertiary/aromatic N) is 2. The SMILES string of the molecule is C=CCN(C(=O)C=C)N1CCCCC1. The zero-order chi connectivity index (χ0) is 10.4. The van der Waals surface area contributed by atoms with Crippen LogP contribution in [0.3, 0.4) is 0 Å². The van der Waals surface area contributed by atoms with Crippen LogP contribution in [0.15, 0.2) is 25.3 Å². The van der Waals surface area contributed by atoms with Crippen LogP contribution in [0.5, 0.6) is 0 Å². The van der Waals surface area contributed by atoms with E-state index >= 15 is 0 Å². The molecule has 1 fully saturated rings. The van der Waals surface area contributed by atoms with Crippen molar-refractivity contribution in [3.05, 3.63) is 25.3 Å². The summed E-state index contributed by atoms with van der Waals surface area (Å²) < 4.78 is 0. The fourth-order valence-corrected chi connectivity index (χ4v) is 1.69. The average Bonchev–Trinajstić information content (AvgIpc) is 2.26. The van der Waals surface area contributed by atoms with Gasteiger partial charge in [0.15, 0.2) is 0 Å². The van der Waals surface area contributed by atoms with Gasteiger partial charge in [-0.05, 0) is 18.9 Å². The van der Waals surface area contributed by atoms with E-state index in [1.54, 1.807) is 11.1 Å². The second-order valence-electron chi connectivity index (χ2n) is 3.43. The van der Waals surface area contributed by atoms with Gasteiger partial charge in [0.25, 0.3) is 5.91 Å². The fraction of sp³-hybridized carbons (Fsp3) is 0.545. The van der Waals surface area contributed by atoms with Gasteiger partial charge in [-0.3, -0.25) is 9.80 Å². The van der Waals surface area contributed by atoms with Crippen molar-refractivity contribution in [2.24, 2.45) is 0 Å². The van der Waals surface area contributed by atoms with E-state index in [1.807, 2.05) is 0 Å². The molecule has 0 aromatic carbocycles. The Balaban J connectivity index is 2.59. The lowest BCUT2D eigenvalue weighted by molar-refractivity contribution is -0.143. The van der Waals surface area contributed by atoms with Crippen LogP contribution >= 0.6 is 0 Å². The van der Waals surface area contributed by atoms with Crippen LogP contribution < -0.4 is 0 Å². The minimum Gasteiger partial charge on any atom is -0.268 e. The Morgan fingerprint density at radius 2 is 1.93 bits per heavy atom. The number of carbonyl (C=O) groups is 1. The number of hydrazine groups is 1. The lowest BCUT2D eigenvalue weighted by Gasteiger charge is -2.36. The molecular formula is C11H18N2O. The molecule has 78 valence electrons. The Hall–Kier alpha value is -1.09. The van der Waals surface area contributed by atoms with Gasteiger partial charge in [-0.15, -0.1) is 6.58 Å². The third kappa shape index (κ3) is 2.70. The highest BCUT2D eigenvalue weighted by atomic mass is 16.2. The van der Waals surface area contributed by atoms with Crippen LogP contribution in [0.25, 0.3) is 0 Å². The highest BCUT2D eigenvalue weighted by Gasteiger charge is 2.19. The molecule has 0 N–H and O–H groups in total. The number of rotatable bonds is 4. The van der Waals surface area contributed by atoms with Gasteiger partial charge in [-0.25, -0.2) is 5.01 Å². The quantitative estimate of drug-likeness (QED) is 0.501. The summed E-state index contributed by atoms with van der Waals surface area (Å²) in [6.45, 7) is 9.67. The third-order valence-corrected chi connectivity index (χ3v) is 2.40. The second-order valence-corrected chi connectivity index (χ2v) is 3.43. The first-order chi connectivity index (χ1) is 6.79. The van der Waals surface area contributed by atoms with Gasteiger partial charge in [-0.2, -0.15) is 0 Å². The van der Waals surface area contributed by atoms with Crippen LogP contribution in [0.4, 0.5) is 0 Å². The molecule has 1 heterocycles. The van der Waals surface area contributed by atoms with Crippen molar-refractivity contribution in [3.8, 4) is 0 Å². The minimum atomic E-state index is -0.0354. The van der Waals surface area contributed by atoms with E-state index in [1.165, 1.54) is 12.5 Å². The van der Waals surface area contributed by atoms with Crippen molar-refractivity contribution < 1.29 is 4.79 Å². The first kappa shape index (κ1) is 11.0. The largest absolute Gasteiger partial charge is 0.268 e. The van der Waals surface area contributed by atoms with Gasteiger partial charge < -0.3 is 0 Å². The lowest BCUT2D eigenvalue weighted by Crippen LogP contribution is -2.48. The molecule has 0 bridgehead atoms. The van der Waals surface area contributed by atoms with Crippen LogP contribution in [0, 0.1) is 0 Å². The summed E-state index contributed by atoms with van der Waals surface area (Å²) in [6, 6.07) is 0.